The normalized spacial score (nSPS) is 15.9. The zero-order valence-electron chi connectivity index (χ0n) is 12.9. The average molecular weight is 320 g/mol. The van der Waals surface area contributed by atoms with Crippen LogP contribution in [-0.2, 0) is 18.0 Å². The van der Waals surface area contributed by atoms with E-state index in [-0.39, 0.29) is 11.6 Å². The molecule has 0 atom stereocenters. The molecule has 3 rings (SSSR count). The molecule has 3 nitrogen and oxygen atoms in total. The van der Waals surface area contributed by atoms with Gasteiger partial charge in [0.25, 0.3) is 5.91 Å². The van der Waals surface area contributed by atoms with E-state index in [1.807, 2.05) is 31.5 Å². The summed E-state index contributed by atoms with van der Waals surface area (Å²) in [5, 5.41) is 2.51. The number of amides is 1. The van der Waals surface area contributed by atoms with Crippen LogP contribution in [0.1, 0.15) is 28.1 Å². The molecule has 1 aliphatic rings. The summed E-state index contributed by atoms with van der Waals surface area (Å²) in [6.45, 7) is 3.88. The Balaban J connectivity index is 2.09. The van der Waals surface area contributed by atoms with Crippen molar-refractivity contribution >= 4 is 23.2 Å². The van der Waals surface area contributed by atoms with E-state index in [1.165, 1.54) is 6.07 Å². The molecular weight excluding hydrogens is 305 g/mol. The van der Waals surface area contributed by atoms with Crippen LogP contribution in [0.5, 0.6) is 0 Å². The fraction of sp³-hybridized carbons (Fsp3) is 0.235. The number of benzene rings is 1. The molecule has 0 fully saturated rings. The summed E-state index contributed by atoms with van der Waals surface area (Å²) in [6.07, 6.45) is -2.71. The summed E-state index contributed by atoms with van der Waals surface area (Å²) in [6, 6.07) is 5.25. The van der Waals surface area contributed by atoms with Crippen molar-refractivity contribution in [2.75, 3.05) is 5.32 Å². The van der Waals surface area contributed by atoms with Gasteiger partial charge in [-0.25, -0.2) is 0 Å². The number of nitrogens with one attached hydrogen (secondary N) is 1. The van der Waals surface area contributed by atoms with E-state index in [4.69, 9.17) is 0 Å². The number of alkyl halides is 3. The monoisotopic (exact) mass is 320 g/mol. The largest absolute Gasteiger partial charge is 0.416 e. The predicted octanol–water partition coefficient (Wildman–Crippen LogP) is 4.15. The van der Waals surface area contributed by atoms with Gasteiger partial charge in [0.2, 0.25) is 0 Å². The van der Waals surface area contributed by atoms with Crippen LogP contribution in [0, 0.1) is 13.8 Å². The average Bonchev–Trinajstić information content (AvgIpc) is 2.90. The molecule has 2 aromatic rings. The third kappa shape index (κ3) is 2.54. The van der Waals surface area contributed by atoms with E-state index in [1.54, 1.807) is 6.08 Å². The molecule has 0 radical (unpaired) electrons. The topological polar surface area (TPSA) is 34.0 Å². The van der Waals surface area contributed by atoms with E-state index in [0.717, 1.165) is 29.1 Å². The molecule has 1 aliphatic heterocycles. The SMILES string of the molecule is Cc1cc(/C=C2/C(=O)Nc3cc(C(F)(F)F)ccc32)c(C)n1C. The maximum Gasteiger partial charge on any atom is 0.416 e. The van der Waals surface area contributed by atoms with Crippen molar-refractivity contribution in [1.82, 2.24) is 4.57 Å². The highest BCUT2D eigenvalue weighted by Crippen LogP contribution is 2.38. The quantitative estimate of drug-likeness (QED) is 0.787. The Hall–Kier alpha value is -2.50. The summed E-state index contributed by atoms with van der Waals surface area (Å²) in [5.74, 6) is -0.389. The smallest absolute Gasteiger partial charge is 0.352 e. The molecule has 0 saturated carbocycles. The van der Waals surface area contributed by atoms with E-state index in [9.17, 15) is 18.0 Å². The van der Waals surface area contributed by atoms with Crippen molar-refractivity contribution in [3.8, 4) is 0 Å². The minimum Gasteiger partial charge on any atom is -0.352 e. The zero-order chi connectivity index (χ0) is 16.9. The summed E-state index contributed by atoms with van der Waals surface area (Å²) in [7, 11) is 1.92. The second kappa shape index (κ2) is 5.01. The maximum absolute atomic E-state index is 12.8. The van der Waals surface area contributed by atoms with Crippen LogP contribution in [0.4, 0.5) is 18.9 Å². The molecule has 23 heavy (non-hydrogen) atoms. The Morgan fingerprint density at radius 3 is 2.43 bits per heavy atom. The van der Waals surface area contributed by atoms with Gasteiger partial charge in [0, 0.05) is 35.3 Å². The third-order valence-corrected chi connectivity index (χ3v) is 4.24. The van der Waals surface area contributed by atoms with Gasteiger partial charge < -0.3 is 9.88 Å². The van der Waals surface area contributed by atoms with E-state index >= 15 is 0 Å². The van der Waals surface area contributed by atoms with Crippen LogP contribution in [0.2, 0.25) is 0 Å². The second-order valence-corrected chi connectivity index (χ2v) is 5.66. The Labute approximate surface area is 131 Å². The Bertz CT molecular complexity index is 844. The highest BCUT2D eigenvalue weighted by atomic mass is 19.4. The summed E-state index contributed by atoms with van der Waals surface area (Å²) in [4.78, 5) is 12.1. The molecule has 1 aromatic carbocycles. The number of carbonyl (C=O) groups excluding carboxylic acids is 1. The standard InChI is InChI=1S/C17H15F3N2O/c1-9-6-11(10(2)22(9)3)7-14-13-5-4-12(17(18,19)20)8-15(13)21-16(14)23/h4-8H,1-3H3,(H,21,23)/b14-7+. The molecule has 120 valence electrons. The van der Waals surface area contributed by atoms with Gasteiger partial charge in [-0.05, 0) is 43.7 Å². The number of aromatic nitrogens is 1. The Kier molecular flexibility index (Phi) is 3.35. The first kappa shape index (κ1) is 15.4. The van der Waals surface area contributed by atoms with Crippen LogP contribution in [0.25, 0.3) is 11.6 Å². The van der Waals surface area contributed by atoms with E-state index < -0.39 is 11.7 Å². The fourth-order valence-corrected chi connectivity index (χ4v) is 2.70. The van der Waals surface area contributed by atoms with Crippen LogP contribution >= 0.6 is 0 Å². The number of fused-ring (bicyclic) bond motifs is 1. The first-order valence-corrected chi connectivity index (χ1v) is 7.06. The van der Waals surface area contributed by atoms with E-state index in [0.29, 0.717) is 11.1 Å². The lowest BCUT2D eigenvalue weighted by atomic mass is 10.0. The van der Waals surface area contributed by atoms with Crippen molar-refractivity contribution in [2.24, 2.45) is 7.05 Å². The minimum absolute atomic E-state index is 0.196. The van der Waals surface area contributed by atoms with Gasteiger partial charge in [-0.3, -0.25) is 4.79 Å². The predicted molar refractivity (Wildman–Crippen MR) is 82.8 cm³/mol. The van der Waals surface area contributed by atoms with Crippen molar-refractivity contribution in [3.63, 3.8) is 0 Å². The molecule has 2 heterocycles. The lowest BCUT2D eigenvalue weighted by Crippen LogP contribution is -2.06. The van der Waals surface area contributed by atoms with Crippen LogP contribution in [0.3, 0.4) is 0 Å². The fourth-order valence-electron chi connectivity index (χ4n) is 2.70. The second-order valence-electron chi connectivity index (χ2n) is 5.66. The van der Waals surface area contributed by atoms with Gasteiger partial charge in [-0.1, -0.05) is 6.07 Å². The zero-order valence-corrected chi connectivity index (χ0v) is 12.9. The van der Waals surface area contributed by atoms with Gasteiger partial charge in [-0.15, -0.1) is 0 Å². The number of aryl methyl sites for hydroxylation is 1. The number of halogens is 3. The number of hydrogen-bond donors (Lipinski definition) is 1. The highest BCUT2D eigenvalue weighted by molar-refractivity contribution is 6.35. The number of anilines is 1. The lowest BCUT2D eigenvalue weighted by molar-refractivity contribution is -0.137. The first-order valence-electron chi connectivity index (χ1n) is 7.06. The molecule has 1 N–H and O–H groups in total. The molecule has 0 saturated heterocycles. The van der Waals surface area contributed by atoms with Crippen molar-refractivity contribution in [3.05, 3.63) is 52.3 Å². The molecule has 1 aromatic heterocycles. The molecule has 0 unspecified atom stereocenters. The molecule has 1 amide bonds. The molecule has 0 spiro atoms. The Morgan fingerprint density at radius 1 is 1.17 bits per heavy atom. The van der Waals surface area contributed by atoms with E-state index in [2.05, 4.69) is 5.32 Å². The highest BCUT2D eigenvalue weighted by Gasteiger charge is 2.33. The van der Waals surface area contributed by atoms with Crippen molar-refractivity contribution < 1.29 is 18.0 Å². The van der Waals surface area contributed by atoms with Crippen LogP contribution < -0.4 is 5.32 Å². The molecular formula is C17H15F3N2O. The summed E-state index contributed by atoms with van der Waals surface area (Å²) >= 11 is 0. The first-order chi connectivity index (χ1) is 10.7. The maximum atomic E-state index is 12.8. The van der Waals surface area contributed by atoms with Gasteiger partial charge in [0.05, 0.1) is 5.56 Å². The lowest BCUT2D eigenvalue weighted by Gasteiger charge is -2.08. The van der Waals surface area contributed by atoms with Gasteiger partial charge in [0.1, 0.15) is 0 Å². The Morgan fingerprint density at radius 2 is 1.87 bits per heavy atom. The van der Waals surface area contributed by atoms with Crippen LogP contribution in [0.15, 0.2) is 24.3 Å². The minimum atomic E-state index is -4.43. The molecule has 0 aliphatic carbocycles. The summed E-state index contributed by atoms with van der Waals surface area (Å²) in [5.41, 5.74) is 3.20. The molecule has 0 bridgehead atoms. The number of rotatable bonds is 1. The number of carbonyl (C=O) groups is 1. The van der Waals surface area contributed by atoms with Crippen LogP contribution in [-0.4, -0.2) is 10.5 Å². The van der Waals surface area contributed by atoms with Gasteiger partial charge in [-0.2, -0.15) is 13.2 Å². The number of hydrogen-bond acceptors (Lipinski definition) is 1. The molecule has 6 heteroatoms. The van der Waals surface area contributed by atoms with Gasteiger partial charge in [0.15, 0.2) is 0 Å². The number of nitrogens with zero attached hydrogens (tertiary/aromatic N) is 1. The van der Waals surface area contributed by atoms with Crippen molar-refractivity contribution in [2.45, 2.75) is 20.0 Å². The van der Waals surface area contributed by atoms with Gasteiger partial charge >= 0.3 is 6.18 Å². The van der Waals surface area contributed by atoms with Crippen molar-refractivity contribution in [1.29, 1.82) is 0 Å². The summed E-state index contributed by atoms with van der Waals surface area (Å²) < 4.78 is 40.3. The third-order valence-electron chi connectivity index (χ3n) is 4.24.